The van der Waals surface area contributed by atoms with Crippen molar-refractivity contribution in [3.05, 3.63) is 58.2 Å². The van der Waals surface area contributed by atoms with Crippen molar-refractivity contribution in [1.29, 1.82) is 0 Å². The van der Waals surface area contributed by atoms with Gasteiger partial charge in [0.25, 0.3) is 5.69 Å². The third-order valence-electron chi connectivity index (χ3n) is 2.06. The van der Waals surface area contributed by atoms with Crippen LogP contribution in [0.1, 0.15) is 26.3 Å². The Labute approximate surface area is 114 Å². The van der Waals surface area contributed by atoms with Crippen molar-refractivity contribution < 1.29 is 4.92 Å². The second-order valence-electron chi connectivity index (χ2n) is 3.64. The second kappa shape index (κ2) is 8.80. The van der Waals surface area contributed by atoms with Gasteiger partial charge in [0, 0.05) is 25.4 Å². The van der Waals surface area contributed by atoms with Crippen LogP contribution in [0.2, 0.25) is 0 Å². The third kappa shape index (κ3) is 5.77. The fraction of sp³-hybridized carbons (Fsp3) is 0.267. The Kier molecular flexibility index (Phi) is 7.77. The molecule has 0 radical (unpaired) electrons. The van der Waals surface area contributed by atoms with E-state index >= 15 is 0 Å². The predicted molar refractivity (Wildman–Crippen MR) is 81.7 cm³/mol. The minimum absolute atomic E-state index is 0.0691. The van der Waals surface area contributed by atoms with Crippen LogP contribution in [0.4, 0.5) is 5.69 Å². The quantitative estimate of drug-likeness (QED) is 0.351. The van der Waals surface area contributed by atoms with Gasteiger partial charge in [-0.2, -0.15) is 0 Å². The van der Waals surface area contributed by atoms with Crippen LogP contribution in [-0.4, -0.2) is 18.2 Å². The number of allylic oxidation sites excluding steroid dienone is 3. The maximum atomic E-state index is 10.7. The Bertz CT molecular complexity index is 503. The van der Waals surface area contributed by atoms with Gasteiger partial charge < -0.3 is 0 Å². The highest BCUT2D eigenvalue weighted by Gasteiger charge is 2.07. The number of nitro benzene ring substituents is 1. The SMILES string of the molecule is C=C(C)/C=C(\C=NC)c1cccc([N+](=O)[O-])c1.CC. The highest BCUT2D eigenvalue weighted by atomic mass is 16.6. The Morgan fingerprint density at radius 3 is 2.53 bits per heavy atom. The molecule has 0 bridgehead atoms. The van der Waals surface area contributed by atoms with E-state index in [-0.39, 0.29) is 5.69 Å². The van der Waals surface area contributed by atoms with Crippen LogP contribution in [0.25, 0.3) is 5.57 Å². The Morgan fingerprint density at radius 1 is 1.42 bits per heavy atom. The van der Waals surface area contributed by atoms with E-state index in [2.05, 4.69) is 11.6 Å². The number of non-ortho nitro benzene ring substituents is 1. The van der Waals surface area contributed by atoms with Crippen molar-refractivity contribution in [1.82, 2.24) is 0 Å². The highest BCUT2D eigenvalue weighted by Crippen LogP contribution is 2.20. The van der Waals surface area contributed by atoms with E-state index in [9.17, 15) is 10.1 Å². The lowest BCUT2D eigenvalue weighted by atomic mass is 10.0. The van der Waals surface area contributed by atoms with E-state index in [0.29, 0.717) is 0 Å². The minimum atomic E-state index is -0.412. The average Bonchev–Trinajstić information content (AvgIpc) is 2.40. The van der Waals surface area contributed by atoms with Crippen LogP contribution >= 0.6 is 0 Å². The number of rotatable bonds is 4. The van der Waals surface area contributed by atoms with Gasteiger partial charge in [-0.15, -0.1) is 0 Å². The molecule has 0 atom stereocenters. The van der Waals surface area contributed by atoms with E-state index < -0.39 is 4.92 Å². The largest absolute Gasteiger partial charge is 0.296 e. The molecule has 0 aliphatic carbocycles. The van der Waals surface area contributed by atoms with Gasteiger partial charge in [0.2, 0.25) is 0 Å². The summed E-state index contributed by atoms with van der Waals surface area (Å²) in [6, 6.07) is 6.45. The summed E-state index contributed by atoms with van der Waals surface area (Å²) in [4.78, 5) is 14.2. The van der Waals surface area contributed by atoms with Crippen LogP contribution in [0.3, 0.4) is 0 Å². The zero-order valence-electron chi connectivity index (χ0n) is 11.9. The summed E-state index contributed by atoms with van der Waals surface area (Å²) in [5.74, 6) is 0. The molecule has 0 heterocycles. The summed E-state index contributed by atoms with van der Waals surface area (Å²) >= 11 is 0. The molecule has 0 spiro atoms. The van der Waals surface area contributed by atoms with E-state index in [1.165, 1.54) is 12.1 Å². The first-order valence-corrected chi connectivity index (χ1v) is 6.09. The molecule has 0 amide bonds. The molecule has 0 aliphatic rings. The molecule has 0 aromatic heterocycles. The molecule has 1 aromatic rings. The first-order chi connectivity index (χ1) is 9.04. The van der Waals surface area contributed by atoms with Crippen LogP contribution in [0, 0.1) is 10.1 Å². The minimum Gasteiger partial charge on any atom is -0.296 e. The summed E-state index contributed by atoms with van der Waals surface area (Å²) in [5, 5.41) is 10.7. The third-order valence-corrected chi connectivity index (χ3v) is 2.06. The maximum Gasteiger partial charge on any atom is 0.270 e. The molecule has 1 aromatic carbocycles. The van der Waals surface area contributed by atoms with Gasteiger partial charge in [-0.1, -0.05) is 44.2 Å². The van der Waals surface area contributed by atoms with Crippen molar-refractivity contribution in [2.45, 2.75) is 20.8 Å². The molecule has 19 heavy (non-hydrogen) atoms. The number of aliphatic imine (C=N–C) groups is 1. The number of hydrogen-bond acceptors (Lipinski definition) is 3. The monoisotopic (exact) mass is 260 g/mol. The first kappa shape index (κ1) is 16.8. The zero-order valence-corrected chi connectivity index (χ0v) is 11.9. The van der Waals surface area contributed by atoms with E-state index in [0.717, 1.165) is 16.7 Å². The molecule has 1 rings (SSSR count). The number of hydrogen-bond donors (Lipinski definition) is 0. The van der Waals surface area contributed by atoms with Crippen molar-refractivity contribution >= 4 is 17.5 Å². The Hall–Kier alpha value is -2.23. The van der Waals surface area contributed by atoms with Crippen molar-refractivity contribution in [2.24, 2.45) is 4.99 Å². The van der Waals surface area contributed by atoms with Gasteiger partial charge >= 0.3 is 0 Å². The van der Waals surface area contributed by atoms with E-state index in [1.54, 1.807) is 19.3 Å². The molecule has 102 valence electrons. The first-order valence-electron chi connectivity index (χ1n) is 6.09. The van der Waals surface area contributed by atoms with Crippen molar-refractivity contribution in [3.8, 4) is 0 Å². The molecule has 0 unspecified atom stereocenters. The fourth-order valence-electron chi connectivity index (χ4n) is 1.40. The number of benzene rings is 1. The van der Waals surface area contributed by atoms with Crippen molar-refractivity contribution in [2.75, 3.05) is 7.05 Å². The summed E-state index contributed by atoms with van der Waals surface area (Å²) in [5.41, 5.74) is 2.50. The molecule has 0 aliphatic heterocycles. The molecule has 0 saturated heterocycles. The fourth-order valence-corrected chi connectivity index (χ4v) is 1.40. The van der Waals surface area contributed by atoms with Crippen molar-refractivity contribution in [3.63, 3.8) is 0 Å². The maximum absolute atomic E-state index is 10.7. The van der Waals surface area contributed by atoms with Crippen LogP contribution in [-0.2, 0) is 0 Å². The zero-order chi connectivity index (χ0) is 14.8. The molecule has 4 heteroatoms. The number of nitro groups is 1. The Balaban J connectivity index is 0.00000154. The Morgan fingerprint density at radius 2 is 2.05 bits per heavy atom. The molecular formula is C15H20N2O2. The molecule has 4 nitrogen and oxygen atoms in total. The number of nitrogens with zero attached hydrogens (tertiary/aromatic N) is 2. The van der Waals surface area contributed by atoms with Gasteiger partial charge in [0.1, 0.15) is 0 Å². The lowest BCUT2D eigenvalue weighted by Gasteiger charge is -2.02. The highest BCUT2D eigenvalue weighted by molar-refractivity contribution is 6.10. The smallest absolute Gasteiger partial charge is 0.270 e. The lowest BCUT2D eigenvalue weighted by molar-refractivity contribution is -0.384. The summed E-state index contributed by atoms with van der Waals surface area (Å²) < 4.78 is 0. The lowest BCUT2D eigenvalue weighted by Crippen LogP contribution is -1.91. The molecular weight excluding hydrogens is 240 g/mol. The standard InChI is InChI=1S/C13H14N2O2.C2H6/c1-10(2)7-12(9-14-3)11-5-4-6-13(8-11)15(16)17;1-2/h4-9H,1H2,2-3H3;1-2H3/b12-7+,14-9?;. The normalized spacial score (nSPS) is 10.8. The van der Waals surface area contributed by atoms with Gasteiger partial charge in [0.05, 0.1) is 4.92 Å². The van der Waals surface area contributed by atoms with Gasteiger partial charge in [0.15, 0.2) is 0 Å². The molecule has 0 fully saturated rings. The van der Waals surface area contributed by atoms with Gasteiger partial charge in [-0.05, 0) is 18.1 Å². The summed E-state index contributed by atoms with van der Waals surface area (Å²) in [7, 11) is 1.66. The van der Waals surface area contributed by atoms with Gasteiger partial charge in [-0.3, -0.25) is 15.1 Å². The summed E-state index contributed by atoms with van der Waals surface area (Å²) in [6.07, 6.45) is 3.50. The topological polar surface area (TPSA) is 55.5 Å². The summed E-state index contributed by atoms with van der Waals surface area (Å²) in [6.45, 7) is 9.65. The van der Waals surface area contributed by atoms with E-state index in [1.807, 2.05) is 32.9 Å². The van der Waals surface area contributed by atoms with Crippen LogP contribution in [0.5, 0.6) is 0 Å². The predicted octanol–water partition coefficient (Wildman–Crippen LogP) is 4.28. The second-order valence-corrected chi connectivity index (χ2v) is 3.64. The average molecular weight is 260 g/mol. The van der Waals surface area contributed by atoms with Crippen LogP contribution in [0.15, 0.2) is 47.5 Å². The van der Waals surface area contributed by atoms with E-state index in [4.69, 9.17) is 0 Å². The molecule has 0 N–H and O–H groups in total. The molecule has 0 saturated carbocycles. The van der Waals surface area contributed by atoms with Crippen LogP contribution < -0.4 is 0 Å². The van der Waals surface area contributed by atoms with Gasteiger partial charge in [-0.25, -0.2) is 0 Å².